The molecule has 5 atom stereocenters. The average Bonchev–Trinajstić information content (AvgIpc) is 3.11. The zero-order valence-corrected chi connectivity index (χ0v) is 11.1. The Morgan fingerprint density at radius 1 is 1.15 bits per heavy atom. The number of carboxylic acid groups (broad SMARTS) is 1. The van der Waals surface area contributed by atoms with Crippen molar-refractivity contribution in [3.8, 4) is 0 Å². The molecule has 20 heavy (non-hydrogen) atoms. The van der Waals surface area contributed by atoms with Gasteiger partial charge in [0.2, 0.25) is 11.8 Å². The summed E-state index contributed by atoms with van der Waals surface area (Å²) in [5.41, 5.74) is 5.27. The number of likely N-dealkylation sites (tertiary alicyclic amines) is 1. The lowest BCUT2D eigenvalue weighted by atomic mass is 9.82. The van der Waals surface area contributed by atoms with Gasteiger partial charge in [-0.25, -0.2) is 0 Å². The predicted octanol–water partition coefficient (Wildman–Crippen LogP) is -0.157. The number of rotatable bonds is 3. The third kappa shape index (κ3) is 1.90. The number of carboxylic acids is 1. The quantitative estimate of drug-likeness (QED) is 0.701. The number of hydrogen-bond donors (Lipinski definition) is 2. The van der Waals surface area contributed by atoms with Gasteiger partial charge < -0.3 is 15.7 Å². The maximum absolute atomic E-state index is 12.6. The Bertz CT molecular complexity index is 501. The van der Waals surface area contributed by atoms with Crippen LogP contribution in [0, 0.1) is 29.6 Å². The van der Waals surface area contributed by atoms with Crippen LogP contribution in [0.2, 0.25) is 0 Å². The molecule has 108 valence electrons. The molecule has 2 amide bonds. The highest BCUT2D eigenvalue weighted by molar-refractivity contribution is 5.88. The second-order valence-corrected chi connectivity index (χ2v) is 6.01. The summed E-state index contributed by atoms with van der Waals surface area (Å²) in [5, 5.41) is 9.36. The van der Waals surface area contributed by atoms with Crippen molar-refractivity contribution in [1.82, 2.24) is 4.90 Å². The molecule has 2 bridgehead atoms. The number of carbonyl (C=O) groups is 3. The highest BCUT2D eigenvalue weighted by Gasteiger charge is 2.53. The number of carbonyl (C=O) groups excluding carboxylic acids is 2. The Balaban J connectivity index is 1.76. The number of fused-ring (bicyclic) bond motifs is 2. The van der Waals surface area contributed by atoms with Gasteiger partial charge >= 0.3 is 5.97 Å². The highest BCUT2D eigenvalue weighted by atomic mass is 16.4. The van der Waals surface area contributed by atoms with E-state index < -0.39 is 17.8 Å². The molecule has 3 unspecified atom stereocenters. The van der Waals surface area contributed by atoms with Crippen LogP contribution in [0.25, 0.3) is 0 Å². The van der Waals surface area contributed by atoms with Crippen molar-refractivity contribution >= 4 is 17.8 Å². The van der Waals surface area contributed by atoms with Crippen LogP contribution in [-0.4, -0.2) is 40.9 Å². The summed E-state index contributed by atoms with van der Waals surface area (Å²) in [5.74, 6) is -2.80. The molecule has 1 heterocycles. The van der Waals surface area contributed by atoms with Gasteiger partial charge in [0.25, 0.3) is 0 Å². The van der Waals surface area contributed by atoms with Crippen molar-refractivity contribution in [1.29, 1.82) is 0 Å². The molecule has 0 aromatic carbocycles. The van der Waals surface area contributed by atoms with Crippen molar-refractivity contribution < 1.29 is 19.5 Å². The van der Waals surface area contributed by atoms with Crippen LogP contribution in [0.15, 0.2) is 12.2 Å². The Hall–Kier alpha value is -1.85. The Labute approximate surface area is 116 Å². The minimum absolute atomic E-state index is 0.0269. The van der Waals surface area contributed by atoms with E-state index in [4.69, 9.17) is 5.73 Å². The number of primary amides is 1. The molecule has 6 nitrogen and oxygen atoms in total. The van der Waals surface area contributed by atoms with Crippen molar-refractivity contribution in [3.63, 3.8) is 0 Å². The largest absolute Gasteiger partial charge is 0.481 e. The molecular formula is C14H18N2O4. The smallest absolute Gasteiger partial charge is 0.307 e. The summed E-state index contributed by atoms with van der Waals surface area (Å²) in [7, 11) is 0. The first-order chi connectivity index (χ1) is 9.49. The van der Waals surface area contributed by atoms with Crippen LogP contribution in [0.5, 0.6) is 0 Å². The zero-order chi connectivity index (χ0) is 14.4. The summed E-state index contributed by atoms with van der Waals surface area (Å²) >= 11 is 0. The molecule has 3 aliphatic rings. The SMILES string of the molecule is NC(=O)C1CCN(C(=O)[C@H]2C3C=CC(C3)[C@H]2C(=O)O)C1. The van der Waals surface area contributed by atoms with Crippen LogP contribution in [0.1, 0.15) is 12.8 Å². The van der Waals surface area contributed by atoms with E-state index in [1.807, 2.05) is 12.2 Å². The van der Waals surface area contributed by atoms with Crippen LogP contribution >= 0.6 is 0 Å². The van der Waals surface area contributed by atoms with E-state index in [0.29, 0.717) is 19.5 Å². The van der Waals surface area contributed by atoms with Gasteiger partial charge in [-0.05, 0) is 24.7 Å². The number of nitrogens with two attached hydrogens (primary N) is 1. The maximum Gasteiger partial charge on any atom is 0.307 e. The molecule has 0 aromatic heterocycles. The summed E-state index contributed by atoms with van der Waals surface area (Å²) in [6, 6.07) is 0. The van der Waals surface area contributed by atoms with E-state index >= 15 is 0 Å². The first kappa shape index (κ1) is 13.1. The predicted molar refractivity (Wildman–Crippen MR) is 69.2 cm³/mol. The first-order valence-corrected chi connectivity index (χ1v) is 6.98. The van der Waals surface area contributed by atoms with Gasteiger partial charge in [-0.2, -0.15) is 0 Å². The Morgan fingerprint density at radius 2 is 1.80 bits per heavy atom. The molecule has 0 aromatic rings. The third-order valence-corrected chi connectivity index (χ3v) is 4.93. The van der Waals surface area contributed by atoms with E-state index in [1.165, 1.54) is 0 Å². The molecule has 1 saturated heterocycles. The van der Waals surface area contributed by atoms with Gasteiger partial charge in [0, 0.05) is 13.1 Å². The fourth-order valence-corrected chi connectivity index (χ4v) is 3.90. The molecule has 1 saturated carbocycles. The minimum atomic E-state index is -0.897. The number of nitrogens with zero attached hydrogens (tertiary/aromatic N) is 1. The second kappa shape index (κ2) is 4.61. The lowest BCUT2D eigenvalue weighted by Gasteiger charge is -2.28. The summed E-state index contributed by atoms with van der Waals surface area (Å²) in [6.45, 7) is 0.828. The molecule has 0 spiro atoms. The average molecular weight is 278 g/mol. The molecule has 6 heteroatoms. The van der Waals surface area contributed by atoms with E-state index in [0.717, 1.165) is 6.42 Å². The monoisotopic (exact) mass is 278 g/mol. The van der Waals surface area contributed by atoms with E-state index in [2.05, 4.69) is 0 Å². The summed E-state index contributed by atoms with van der Waals surface area (Å²) in [4.78, 5) is 36.8. The standard InChI is InChI=1S/C14H18N2O4/c15-12(17)9-3-4-16(6-9)13(18)10-7-1-2-8(5-7)11(10)14(19)20/h1-2,7-11H,3-6H2,(H2,15,17)(H,19,20)/t7?,8?,9?,10-,11+/m0/s1. The second-order valence-electron chi connectivity index (χ2n) is 6.01. The van der Waals surface area contributed by atoms with Gasteiger partial charge in [-0.15, -0.1) is 0 Å². The molecule has 2 aliphatic carbocycles. The molecule has 1 aliphatic heterocycles. The van der Waals surface area contributed by atoms with Crippen LogP contribution in [0.3, 0.4) is 0 Å². The van der Waals surface area contributed by atoms with Gasteiger partial charge in [-0.3, -0.25) is 14.4 Å². The topological polar surface area (TPSA) is 101 Å². The van der Waals surface area contributed by atoms with Crippen molar-refractivity contribution in [2.24, 2.45) is 35.3 Å². The number of amides is 2. The first-order valence-electron chi connectivity index (χ1n) is 6.98. The van der Waals surface area contributed by atoms with Crippen LogP contribution < -0.4 is 5.73 Å². The number of allylic oxidation sites excluding steroid dienone is 2. The number of hydrogen-bond acceptors (Lipinski definition) is 3. The van der Waals surface area contributed by atoms with Gasteiger partial charge in [0.1, 0.15) is 0 Å². The van der Waals surface area contributed by atoms with Crippen LogP contribution in [-0.2, 0) is 14.4 Å². The lowest BCUT2D eigenvalue weighted by Crippen LogP contribution is -2.42. The third-order valence-electron chi connectivity index (χ3n) is 4.93. The minimum Gasteiger partial charge on any atom is -0.481 e. The molecule has 2 fully saturated rings. The van der Waals surface area contributed by atoms with Gasteiger partial charge in [-0.1, -0.05) is 12.2 Å². The van der Waals surface area contributed by atoms with E-state index in [1.54, 1.807) is 4.90 Å². The molecular weight excluding hydrogens is 260 g/mol. The van der Waals surface area contributed by atoms with Crippen molar-refractivity contribution in [2.75, 3.05) is 13.1 Å². The fourth-order valence-electron chi connectivity index (χ4n) is 3.90. The van der Waals surface area contributed by atoms with E-state index in [-0.39, 0.29) is 29.6 Å². The summed E-state index contributed by atoms with van der Waals surface area (Å²) < 4.78 is 0. The van der Waals surface area contributed by atoms with Crippen molar-refractivity contribution in [2.45, 2.75) is 12.8 Å². The summed E-state index contributed by atoms with van der Waals surface area (Å²) in [6.07, 6.45) is 5.22. The molecule has 0 radical (unpaired) electrons. The molecule has 3 N–H and O–H groups in total. The van der Waals surface area contributed by atoms with Crippen LogP contribution in [0.4, 0.5) is 0 Å². The Morgan fingerprint density at radius 3 is 2.35 bits per heavy atom. The van der Waals surface area contributed by atoms with Crippen molar-refractivity contribution in [3.05, 3.63) is 12.2 Å². The van der Waals surface area contributed by atoms with Gasteiger partial charge in [0.15, 0.2) is 0 Å². The lowest BCUT2D eigenvalue weighted by molar-refractivity contribution is -0.150. The fraction of sp³-hybridized carbons (Fsp3) is 0.643. The molecule has 3 rings (SSSR count). The number of aliphatic carboxylic acids is 1. The Kier molecular flexibility index (Phi) is 3.03. The maximum atomic E-state index is 12.6. The van der Waals surface area contributed by atoms with Gasteiger partial charge in [0.05, 0.1) is 17.8 Å². The zero-order valence-electron chi connectivity index (χ0n) is 11.1. The highest BCUT2D eigenvalue weighted by Crippen LogP contribution is 2.49. The van der Waals surface area contributed by atoms with E-state index in [9.17, 15) is 19.5 Å². The normalized spacial score (nSPS) is 38.4.